The second-order valence-corrected chi connectivity index (χ2v) is 10.2. The highest BCUT2D eigenvalue weighted by atomic mass is 32.2. The lowest BCUT2D eigenvalue weighted by Gasteiger charge is -2.34. The Balaban J connectivity index is 1.50. The van der Waals surface area contributed by atoms with Crippen molar-refractivity contribution in [3.05, 3.63) is 47.3 Å². The van der Waals surface area contributed by atoms with Gasteiger partial charge in [-0.25, -0.2) is 18.7 Å². The minimum absolute atomic E-state index is 0.0366. The summed E-state index contributed by atoms with van der Waals surface area (Å²) in [5, 5.41) is 5.07. The predicted molar refractivity (Wildman–Crippen MR) is 116 cm³/mol. The van der Waals surface area contributed by atoms with Gasteiger partial charge in [-0.1, -0.05) is 30.3 Å². The molecule has 1 unspecified atom stereocenters. The zero-order valence-electron chi connectivity index (χ0n) is 18.8. The van der Waals surface area contributed by atoms with E-state index in [2.05, 4.69) is 5.10 Å². The lowest BCUT2D eigenvalue weighted by Crippen LogP contribution is -2.48. The molecule has 0 bridgehead atoms. The van der Waals surface area contributed by atoms with Crippen molar-refractivity contribution in [2.45, 2.75) is 43.2 Å². The number of piperazine rings is 1. The first-order valence-electron chi connectivity index (χ1n) is 11.2. The van der Waals surface area contributed by atoms with E-state index in [1.165, 1.54) is 0 Å². The van der Waals surface area contributed by atoms with Crippen LogP contribution in [0.3, 0.4) is 0 Å². The van der Waals surface area contributed by atoms with Gasteiger partial charge >= 0.3 is 6.18 Å². The number of amides is 1. The number of sulfonamides is 1. The zero-order valence-corrected chi connectivity index (χ0v) is 19.6. The molecule has 4 rings (SSSR count). The zero-order chi connectivity index (χ0) is 25.1. The lowest BCUT2D eigenvalue weighted by atomic mass is 10.2. The maximum atomic E-state index is 13.7. The Labute approximate surface area is 200 Å². The van der Waals surface area contributed by atoms with Gasteiger partial charge in [-0.3, -0.25) is 14.8 Å². The minimum Gasteiger partial charge on any atom is -0.350 e. The molecule has 1 atom stereocenters. The fourth-order valence-corrected chi connectivity index (χ4v) is 5.70. The summed E-state index contributed by atoms with van der Waals surface area (Å²) in [7, 11) is -4.70. The molecule has 2 saturated heterocycles. The van der Waals surface area contributed by atoms with Crippen LogP contribution in [0.5, 0.6) is 0 Å². The van der Waals surface area contributed by atoms with Gasteiger partial charge in [0.2, 0.25) is 10.0 Å². The molecule has 1 aromatic carbocycles. The maximum absolute atomic E-state index is 13.7. The van der Waals surface area contributed by atoms with Gasteiger partial charge in [-0.15, -0.1) is 0 Å². The molecule has 2 aliphatic rings. The summed E-state index contributed by atoms with van der Waals surface area (Å²) in [5.41, 5.74) is 0.494. The molecule has 2 fully saturated rings. The van der Waals surface area contributed by atoms with E-state index in [1.54, 1.807) is 5.10 Å². The van der Waals surface area contributed by atoms with Crippen LogP contribution in [0.15, 0.2) is 35.2 Å². The Kier molecular flexibility index (Phi) is 7.76. The molecule has 0 spiro atoms. The minimum atomic E-state index is -5.07. The van der Waals surface area contributed by atoms with Crippen LogP contribution in [0.2, 0.25) is 0 Å². The third-order valence-corrected chi connectivity index (χ3v) is 7.78. The molecular formula is C21H26F3N5O5S. The smallest absolute Gasteiger partial charge is 0.350 e. The Bertz CT molecular complexity index is 1110. The molecule has 1 amide bonds. The Morgan fingerprint density at radius 2 is 1.89 bits per heavy atom. The number of aromatic amines is 1. The van der Waals surface area contributed by atoms with Crippen LogP contribution in [0.1, 0.15) is 41.0 Å². The van der Waals surface area contributed by atoms with Gasteiger partial charge in [0, 0.05) is 45.8 Å². The predicted octanol–water partition coefficient (Wildman–Crippen LogP) is 2.12. The highest BCUT2D eigenvalue weighted by Gasteiger charge is 2.45. The van der Waals surface area contributed by atoms with Gasteiger partial charge in [0.25, 0.3) is 5.91 Å². The molecular weight excluding hydrogens is 491 g/mol. The average Bonchev–Trinajstić information content (AvgIpc) is 3.31. The SMILES string of the molecule is O=C(NOC1CCCCO1)c1n[nH]c(C(F)(F)F)c1S(=O)(=O)N1CCN(Cc2ccccc2)CC1. The molecule has 0 aliphatic carbocycles. The quantitative estimate of drug-likeness (QED) is 0.541. The van der Waals surface area contributed by atoms with Crippen molar-refractivity contribution in [3.8, 4) is 0 Å². The molecule has 3 heterocycles. The molecule has 35 heavy (non-hydrogen) atoms. The number of rotatable bonds is 7. The van der Waals surface area contributed by atoms with Crippen LogP contribution in [-0.4, -0.2) is 72.8 Å². The van der Waals surface area contributed by atoms with E-state index >= 15 is 0 Å². The molecule has 0 saturated carbocycles. The molecule has 2 aliphatic heterocycles. The molecule has 192 valence electrons. The summed E-state index contributed by atoms with van der Waals surface area (Å²) in [6.07, 6.45) is -3.75. The summed E-state index contributed by atoms with van der Waals surface area (Å²) in [6.45, 7) is 1.56. The fraction of sp³-hybridized carbons (Fsp3) is 0.524. The first kappa shape index (κ1) is 25.6. The van der Waals surface area contributed by atoms with Crippen LogP contribution in [0.4, 0.5) is 13.2 Å². The average molecular weight is 518 g/mol. The maximum Gasteiger partial charge on any atom is 0.434 e. The third kappa shape index (κ3) is 6.01. The van der Waals surface area contributed by atoms with Crippen molar-refractivity contribution < 1.29 is 36.0 Å². The largest absolute Gasteiger partial charge is 0.434 e. The third-order valence-electron chi connectivity index (χ3n) is 5.82. The first-order valence-corrected chi connectivity index (χ1v) is 12.6. The number of hydrogen-bond acceptors (Lipinski definition) is 7. The number of carbonyl (C=O) groups is 1. The number of nitrogens with one attached hydrogen (secondary N) is 2. The second kappa shape index (κ2) is 10.6. The van der Waals surface area contributed by atoms with E-state index in [0.717, 1.165) is 22.7 Å². The van der Waals surface area contributed by atoms with Crippen molar-refractivity contribution in [1.82, 2.24) is 24.9 Å². The summed E-state index contributed by atoms with van der Waals surface area (Å²) in [6, 6.07) is 9.55. The van der Waals surface area contributed by atoms with Gasteiger partial charge in [0.05, 0.1) is 0 Å². The number of benzene rings is 1. The molecule has 2 aromatic rings. The lowest BCUT2D eigenvalue weighted by molar-refractivity contribution is -0.186. The van der Waals surface area contributed by atoms with E-state index in [0.29, 0.717) is 32.7 Å². The van der Waals surface area contributed by atoms with Gasteiger partial charge in [-0.2, -0.15) is 22.6 Å². The highest BCUT2D eigenvalue weighted by Crippen LogP contribution is 2.36. The fourth-order valence-electron chi connectivity index (χ4n) is 4.00. The number of halogens is 3. The summed E-state index contributed by atoms with van der Waals surface area (Å²) >= 11 is 0. The number of ether oxygens (including phenoxy) is 1. The number of aromatic nitrogens is 2. The molecule has 2 N–H and O–H groups in total. The normalized spacial score (nSPS) is 20.6. The van der Waals surface area contributed by atoms with E-state index in [9.17, 15) is 26.4 Å². The molecule has 0 radical (unpaired) electrons. The van der Waals surface area contributed by atoms with Gasteiger partial charge in [0.15, 0.2) is 17.7 Å². The molecule has 1 aromatic heterocycles. The number of hydrogen-bond donors (Lipinski definition) is 2. The van der Waals surface area contributed by atoms with Crippen molar-refractivity contribution in [3.63, 3.8) is 0 Å². The number of hydroxylamine groups is 1. The van der Waals surface area contributed by atoms with Crippen LogP contribution in [0, 0.1) is 0 Å². The molecule has 14 heteroatoms. The topological polar surface area (TPSA) is 117 Å². The van der Waals surface area contributed by atoms with Crippen LogP contribution >= 0.6 is 0 Å². The summed E-state index contributed by atoms with van der Waals surface area (Å²) < 4.78 is 73.8. The van der Waals surface area contributed by atoms with Crippen molar-refractivity contribution in [2.24, 2.45) is 0 Å². The summed E-state index contributed by atoms with van der Waals surface area (Å²) in [5.74, 6) is -1.22. The van der Waals surface area contributed by atoms with Gasteiger partial charge in [-0.05, 0) is 18.4 Å². The Morgan fingerprint density at radius 1 is 1.17 bits per heavy atom. The first-order chi connectivity index (χ1) is 16.7. The second-order valence-electron chi connectivity index (χ2n) is 8.29. The van der Waals surface area contributed by atoms with Crippen LogP contribution < -0.4 is 5.48 Å². The van der Waals surface area contributed by atoms with Crippen molar-refractivity contribution >= 4 is 15.9 Å². The van der Waals surface area contributed by atoms with Crippen molar-refractivity contribution in [1.29, 1.82) is 0 Å². The number of H-pyrrole nitrogens is 1. The Hall–Kier alpha value is -2.52. The van der Waals surface area contributed by atoms with Crippen LogP contribution in [-0.2, 0) is 32.3 Å². The van der Waals surface area contributed by atoms with E-state index in [4.69, 9.17) is 9.57 Å². The number of carbonyl (C=O) groups excluding carboxylic acids is 1. The Morgan fingerprint density at radius 3 is 2.51 bits per heavy atom. The van der Waals surface area contributed by atoms with E-state index < -0.39 is 44.7 Å². The van der Waals surface area contributed by atoms with Gasteiger partial charge < -0.3 is 4.74 Å². The monoisotopic (exact) mass is 517 g/mol. The summed E-state index contributed by atoms with van der Waals surface area (Å²) in [4.78, 5) is 18.5. The van der Waals surface area contributed by atoms with E-state index in [1.807, 2.05) is 40.7 Å². The highest BCUT2D eigenvalue weighted by molar-refractivity contribution is 7.89. The van der Waals surface area contributed by atoms with Crippen LogP contribution in [0.25, 0.3) is 0 Å². The number of alkyl halides is 3. The van der Waals surface area contributed by atoms with Crippen molar-refractivity contribution in [2.75, 3.05) is 32.8 Å². The van der Waals surface area contributed by atoms with E-state index in [-0.39, 0.29) is 13.1 Å². The molecule has 10 nitrogen and oxygen atoms in total. The number of nitrogens with zero attached hydrogens (tertiary/aromatic N) is 3. The standard InChI is InChI=1S/C21H26F3N5O5S/c22-21(23,24)19-18(17(25-26-19)20(30)27-34-16-8-4-5-13-33-16)35(31,32)29-11-9-28(10-12-29)14-15-6-2-1-3-7-15/h1-3,6-7,16H,4-5,8-14H2,(H,25,26)(H,27,30). The van der Waals surface area contributed by atoms with Gasteiger partial charge in [0.1, 0.15) is 4.90 Å².